The minimum absolute atomic E-state index is 0.684. The molecule has 0 radical (unpaired) electrons. The van der Waals surface area contributed by atoms with Gasteiger partial charge in [0.15, 0.2) is 0 Å². The quantitative estimate of drug-likeness (QED) is 0.787. The van der Waals surface area contributed by atoms with E-state index in [1.807, 2.05) is 0 Å². The van der Waals surface area contributed by atoms with E-state index in [-0.39, 0.29) is 0 Å². The van der Waals surface area contributed by atoms with E-state index in [2.05, 4.69) is 5.32 Å². The summed E-state index contributed by atoms with van der Waals surface area (Å²) in [6, 6.07) is -1.06. The van der Waals surface area contributed by atoms with Crippen LogP contribution in [0.1, 0.15) is 27.2 Å². The van der Waals surface area contributed by atoms with E-state index < -0.39 is 42.4 Å². The van der Waals surface area contributed by atoms with Gasteiger partial charge in [0.25, 0.3) is 0 Å². The van der Waals surface area contributed by atoms with Crippen molar-refractivity contribution < 1.29 is 27.9 Å². The monoisotopic (exact) mass is 255 g/mol. The molecule has 0 aromatic rings. The summed E-state index contributed by atoms with van der Waals surface area (Å²) in [4.78, 5) is 22.0. The van der Waals surface area contributed by atoms with Crippen LogP contribution < -0.4 is 5.32 Å². The molecule has 0 bridgehead atoms. The second-order valence-corrected chi connectivity index (χ2v) is 4.14. The van der Waals surface area contributed by atoms with Gasteiger partial charge in [-0.25, -0.2) is 0 Å². The number of amides is 1. The first-order valence-corrected chi connectivity index (χ1v) is 5.14. The van der Waals surface area contributed by atoms with Crippen molar-refractivity contribution in [3.05, 3.63) is 0 Å². The molecule has 0 aromatic heterocycles. The first-order chi connectivity index (χ1) is 7.54. The highest BCUT2D eigenvalue weighted by Crippen LogP contribution is 2.21. The van der Waals surface area contributed by atoms with Crippen molar-refractivity contribution >= 4 is 11.9 Å². The number of alkyl halides is 3. The summed E-state index contributed by atoms with van der Waals surface area (Å²) in [7, 11) is 0. The van der Waals surface area contributed by atoms with Crippen LogP contribution in [-0.4, -0.2) is 29.2 Å². The number of carboxylic acid groups (broad SMARTS) is 1. The molecule has 2 N–H and O–H groups in total. The molecule has 0 spiro atoms. The van der Waals surface area contributed by atoms with Gasteiger partial charge in [0.2, 0.25) is 5.91 Å². The normalized spacial score (nSPS) is 17.1. The Bertz CT molecular complexity index is 291. The Kier molecular flexibility index (Phi) is 5.44. The van der Waals surface area contributed by atoms with Crippen molar-refractivity contribution in [2.75, 3.05) is 0 Å². The molecule has 0 aliphatic rings. The Labute approximate surface area is 97.2 Å². The van der Waals surface area contributed by atoms with Crippen LogP contribution in [0.5, 0.6) is 0 Å². The van der Waals surface area contributed by atoms with Crippen molar-refractivity contribution in [2.45, 2.75) is 39.4 Å². The largest absolute Gasteiger partial charge is 0.481 e. The second kappa shape index (κ2) is 5.88. The molecule has 17 heavy (non-hydrogen) atoms. The lowest BCUT2D eigenvalue weighted by atomic mass is 9.95. The number of carboxylic acids is 1. The molecule has 3 atom stereocenters. The third-order valence-electron chi connectivity index (χ3n) is 2.48. The molecular weight excluding hydrogens is 239 g/mol. The van der Waals surface area contributed by atoms with Crippen LogP contribution >= 0.6 is 0 Å². The highest BCUT2D eigenvalue weighted by Gasteiger charge is 2.32. The first-order valence-electron chi connectivity index (χ1n) is 5.14. The summed E-state index contributed by atoms with van der Waals surface area (Å²) < 4.78 is 36.0. The van der Waals surface area contributed by atoms with Gasteiger partial charge in [-0.05, 0) is 6.92 Å². The Balaban J connectivity index is 4.30. The molecule has 0 saturated carbocycles. The zero-order valence-electron chi connectivity index (χ0n) is 9.84. The maximum absolute atomic E-state index is 12.0. The molecular formula is C10H16F3NO3. The van der Waals surface area contributed by atoms with Crippen LogP contribution in [0, 0.1) is 11.8 Å². The minimum atomic E-state index is -4.35. The van der Waals surface area contributed by atoms with Crippen LogP contribution in [-0.2, 0) is 9.59 Å². The third kappa shape index (κ3) is 6.13. The number of hydrogen-bond acceptors (Lipinski definition) is 2. The molecule has 1 amide bonds. The Hall–Kier alpha value is -1.27. The molecule has 0 rings (SSSR count). The van der Waals surface area contributed by atoms with Crippen LogP contribution in [0.2, 0.25) is 0 Å². The number of aliphatic carboxylic acids is 1. The maximum Gasteiger partial charge on any atom is 0.391 e. The molecule has 0 heterocycles. The van der Waals surface area contributed by atoms with E-state index in [1.54, 1.807) is 0 Å². The molecule has 0 aliphatic heterocycles. The zero-order chi connectivity index (χ0) is 13.8. The minimum Gasteiger partial charge on any atom is -0.481 e. The maximum atomic E-state index is 12.0. The van der Waals surface area contributed by atoms with Gasteiger partial charge in [0.1, 0.15) is 0 Å². The number of halogens is 3. The van der Waals surface area contributed by atoms with E-state index >= 15 is 0 Å². The summed E-state index contributed by atoms with van der Waals surface area (Å²) in [6.45, 7) is 3.93. The lowest BCUT2D eigenvalue weighted by Gasteiger charge is -2.20. The first kappa shape index (κ1) is 15.7. The van der Waals surface area contributed by atoms with Crippen LogP contribution in [0.15, 0.2) is 0 Å². The summed E-state index contributed by atoms with van der Waals surface area (Å²) in [5.74, 6) is -3.65. The van der Waals surface area contributed by atoms with E-state index in [0.29, 0.717) is 0 Å². The third-order valence-corrected chi connectivity index (χ3v) is 2.48. The Morgan fingerprint density at radius 1 is 1.18 bits per heavy atom. The van der Waals surface area contributed by atoms with Crippen LogP contribution in [0.3, 0.4) is 0 Å². The van der Waals surface area contributed by atoms with Gasteiger partial charge in [0.05, 0.1) is 12.3 Å². The summed E-state index contributed by atoms with van der Waals surface area (Å²) in [5.41, 5.74) is 0. The van der Waals surface area contributed by atoms with Gasteiger partial charge < -0.3 is 10.4 Å². The number of carbonyl (C=O) groups excluding carboxylic acids is 1. The standard InChI is InChI=1S/C10H16F3NO3/c1-5(4-10(11,12)13)14-8(15)6(2)7(3)9(16)17/h5-7H,4H2,1-3H3,(H,14,15)(H,16,17). The zero-order valence-corrected chi connectivity index (χ0v) is 9.84. The summed E-state index contributed by atoms with van der Waals surface area (Å²) in [5, 5.41) is 10.8. The molecule has 0 saturated heterocycles. The fourth-order valence-electron chi connectivity index (χ4n) is 1.21. The average Bonchev–Trinajstić information content (AvgIpc) is 2.11. The van der Waals surface area contributed by atoms with Crippen molar-refractivity contribution in [1.29, 1.82) is 0 Å². The average molecular weight is 255 g/mol. The smallest absolute Gasteiger partial charge is 0.391 e. The number of carbonyl (C=O) groups is 2. The summed E-state index contributed by atoms with van der Waals surface area (Å²) in [6.07, 6.45) is -5.48. The van der Waals surface area contributed by atoms with E-state index in [9.17, 15) is 22.8 Å². The van der Waals surface area contributed by atoms with Crippen LogP contribution in [0.4, 0.5) is 13.2 Å². The molecule has 7 heteroatoms. The van der Waals surface area contributed by atoms with E-state index in [1.165, 1.54) is 20.8 Å². The van der Waals surface area contributed by atoms with E-state index in [0.717, 1.165) is 0 Å². The van der Waals surface area contributed by atoms with Crippen molar-refractivity contribution in [3.63, 3.8) is 0 Å². The SMILES string of the molecule is CC(CC(F)(F)F)NC(=O)C(C)C(C)C(=O)O. The molecule has 4 nitrogen and oxygen atoms in total. The van der Waals surface area contributed by atoms with Gasteiger partial charge in [-0.15, -0.1) is 0 Å². The predicted octanol–water partition coefficient (Wildman–Crippen LogP) is 1.80. The number of nitrogens with one attached hydrogen (secondary N) is 1. The van der Waals surface area contributed by atoms with Gasteiger partial charge in [-0.3, -0.25) is 9.59 Å². The highest BCUT2D eigenvalue weighted by atomic mass is 19.4. The predicted molar refractivity (Wildman–Crippen MR) is 54.2 cm³/mol. The van der Waals surface area contributed by atoms with Crippen LogP contribution in [0.25, 0.3) is 0 Å². The number of hydrogen-bond donors (Lipinski definition) is 2. The van der Waals surface area contributed by atoms with Gasteiger partial charge in [-0.2, -0.15) is 13.2 Å². The summed E-state index contributed by atoms with van der Waals surface area (Å²) >= 11 is 0. The Morgan fingerprint density at radius 3 is 2.00 bits per heavy atom. The van der Waals surface area contributed by atoms with Crippen molar-refractivity contribution in [3.8, 4) is 0 Å². The topological polar surface area (TPSA) is 66.4 Å². The fraction of sp³-hybridized carbons (Fsp3) is 0.800. The molecule has 100 valence electrons. The molecule has 0 aliphatic carbocycles. The molecule has 0 aromatic carbocycles. The number of rotatable bonds is 5. The molecule has 3 unspecified atom stereocenters. The van der Waals surface area contributed by atoms with Gasteiger partial charge >= 0.3 is 12.1 Å². The van der Waals surface area contributed by atoms with Crippen molar-refractivity contribution in [1.82, 2.24) is 5.32 Å². The van der Waals surface area contributed by atoms with Gasteiger partial charge in [0, 0.05) is 12.0 Å². The lowest BCUT2D eigenvalue weighted by Crippen LogP contribution is -2.41. The highest BCUT2D eigenvalue weighted by molar-refractivity contribution is 5.84. The molecule has 0 fully saturated rings. The van der Waals surface area contributed by atoms with Crippen molar-refractivity contribution in [2.24, 2.45) is 11.8 Å². The Morgan fingerprint density at radius 2 is 1.65 bits per heavy atom. The van der Waals surface area contributed by atoms with E-state index in [4.69, 9.17) is 5.11 Å². The second-order valence-electron chi connectivity index (χ2n) is 4.14. The fourth-order valence-corrected chi connectivity index (χ4v) is 1.21. The van der Waals surface area contributed by atoms with Gasteiger partial charge in [-0.1, -0.05) is 13.8 Å². The lowest BCUT2D eigenvalue weighted by molar-refractivity contribution is -0.148.